The summed E-state index contributed by atoms with van der Waals surface area (Å²) >= 11 is 6.00. The molecule has 0 radical (unpaired) electrons. The lowest BCUT2D eigenvalue weighted by Crippen LogP contribution is -2.13. The van der Waals surface area contributed by atoms with Gasteiger partial charge in [-0.25, -0.2) is 4.79 Å². The standard InChI is InChI=1S/C15H17ClN2O4/c1-10-13(14(16)18(2)17-10)15(19)22-9-8-21-12-6-4-11(20-3)5-7-12/h4-7H,8-9H2,1-3H3. The Morgan fingerprint density at radius 1 is 1.23 bits per heavy atom. The predicted octanol–water partition coefficient (Wildman–Crippen LogP) is 2.63. The molecular weight excluding hydrogens is 308 g/mol. The van der Waals surface area contributed by atoms with Crippen molar-refractivity contribution in [2.24, 2.45) is 7.05 Å². The minimum Gasteiger partial charge on any atom is -0.497 e. The van der Waals surface area contributed by atoms with E-state index in [1.54, 1.807) is 45.3 Å². The summed E-state index contributed by atoms with van der Waals surface area (Å²) in [5, 5.41) is 4.33. The van der Waals surface area contributed by atoms with Crippen LogP contribution in [0, 0.1) is 6.92 Å². The Morgan fingerprint density at radius 3 is 2.41 bits per heavy atom. The molecule has 0 aliphatic carbocycles. The number of hydrogen-bond donors (Lipinski definition) is 0. The fraction of sp³-hybridized carbons (Fsp3) is 0.333. The predicted molar refractivity (Wildman–Crippen MR) is 81.7 cm³/mol. The van der Waals surface area contributed by atoms with E-state index in [1.165, 1.54) is 4.68 Å². The van der Waals surface area contributed by atoms with E-state index < -0.39 is 5.97 Å². The third-order valence-corrected chi connectivity index (χ3v) is 3.43. The molecule has 0 saturated heterocycles. The molecule has 1 aromatic carbocycles. The molecule has 0 spiro atoms. The van der Waals surface area contributed by atoms with Crippen molar-refractivity contribution in [1.82, 2.24) is 9.78 Å². The van der Waals surface area contributed by atoms with Crippen molar-refractivity contribution in [3.63, 3.8) is 0 Å². The maximum atomic E-state index is 12.0. The highest BCUT2D eigenvalue weighted by Crippen LogP contribution is 2.20. The van der Waals surface area contributed by atoms with Crippen molar-refractivity contribution in [2.45, 2.75) is 6.92 Å². The van der Waals surface area contributed by atoms with Crippen molar-refractivity contribution in [2.75, 3.05) is 20.3 Å². The number of carbonyl (C=O) groups is 1. The highest BCUT2D eigenvalue weighted by Gasteiger charge is 2.20. The van der Waals surface area contributed by atoms with Crippen LogP contribution in [0.5, 0.6) is 11.5 Å². The molecule has 0 bridgehead atoms. The first-order valence-corrected chi connectivity index (χ1v) is 7.03. The maximum Gasteiger partial charge on any atom is 0.343 e. The van der Waals surface area contributed by atoms with Crippen molar-refractivity contribution in [1.29, 1.82) is 0 Å². The van der Waals surface area contributed by atoms with Crippen LogP contribution in [0.3, 0.4) is 0 Å². The van der Waals surface area contributed by atoms with Gasteiger partial charge in [0, 0.05) is 7.05 Å². The summed E-state index contributed by atoms with van der Waals surface area (Å²) in [5.74, 6) is 0.918. The van der Waals surface area contributed by atoms with Crippen LogP contribution in [0.25, 0.3) is 0 Å². The van der Waals surface area contributed by atoms with Crippen LogP contribution >= 0.6 is 11.6 Å². The molecule has 0 N–H and O–H groups in total. The van der Waals surface area contributed by atoms with Gasteiger partial charge >= 0.3 is 5.97 Å². The Kier molecular flexibility index (Phi) is 5.27. The molecule has 1 aromatic heterocycles. The zero-order valence-corrected chi connectivity index (χ0v) is 13.4. The van der Waals surface area contributed by atoms with Gasteiger partial charge < -0.3 is 14.2 Å². The third kappa shape index (κ3) is 3.71. The fourth-order valence-corrected chi connectivity index (χ4v) is 2.15. The number of esters is 1. The second-order valence-corrected chi connectivity index (χ2v) is 4.89. The zero-order valence-electron chi connectivity index (χ0n) is 12.6. The largest absolute Gasteiger partial charge is 0.497 e. The minimum atomic E-state index is -0.506. The first kappa shape index (κ1) is 16.2. The van der Waals surface area contributed by atoms with Gasteiger partial charge in [0.15, 0.2) is 0 Å². The molecule has 2 aromatic rings. The van der Waals surface area contributed by atoms with Gasteiger partial charge in [0.05, 0.1) is 12.8 Å². The molecule has 0 saturated carbocycles. The van der Waals surface area contributed by atoms with Crippen LogP contribution in [0.15, 0.2) is 24.3 Å². The third-order valence-electron chi connectivity index (χ3n) is 3.00. The van der Waals surface area contributed by atoms with Gasteiger partial charge in [0.25, 0.3) is 0 Å². The molecule has 0 amide bonds. The Morgan fingerprint density at radius 2 is 1.86 bits per heavy atom. The Bertz CT molecular complexity index is 652. The number of hydrogen-bond acceptors (Lipinski definition) is 5. The summed E-state index contributed by atoms with van der Waals surface area (Å²) in [6, 6.07) is 7.14. The van der Waals surface area contributed by atoms with E-state index in [9.17, 15) is 4.79 Å². The number of halogens is 1. The van der Waals surface area contributed by atoms with E-state index in [0.717, 1.165) is 5.75 Å². The number of aromatic nitrogens is 2. The topological polar surface area (TPSA) is 62.6 Å². The molecule has 0 unspecified atom stereocenters. The summed E-state index contributed by atoms with van der Waals surface area (Å²) in [6.07, 6.45) is 0. The lowest BCUT2D eigenvalue weighted by atomic mass is 10.3. The second kappa shape index (κ2) is 7.17. The monoisotopic (exact) mass is 324 g/mol. The van der Waals surface area contributed by atoms with E-state index in [4.69, 9.17) is 25.8 Å². The molecule has 0 fully saturated rings. The van der Waals surface area contributed by atoms with Crippen LogP contribution in [-0.2, 0) is 11.8 Å². The van der Waals surface area contributed by atoms with Gasteiger partial charge in [-0.3, -0.25) is 4.68 Å². The lowest BCUT2D eigenvalue weighted by molar-refractivity contribution is 0.0449. The van der Waals surface area contributed by atoms with Gasteiger partial charge in [0.2, 0.25) is 0 Å². The average molecular weight is 325 g/mol. The minimum absolute atomic E-state index is 0.121. The van der Waals surface area contributed by atoms with E-state index >= 15 is 0 Å². The molecule has 0 aliphatic heterocycles. The van der Waals surface area contributed by atoms with Gasteiger partial charge in [-0.05, 0) is 31.2 Å². The highest BCUT2D eigenvalue weighted by atomic mass is 35.5. The molecule has 2 rings (SSSR count). The molecule has 118 valence electrons. The van der Waals surface area contributed by atoms with Crippen LogP contribution in [0.2, 0.25) is 5.15 Å². The molecule has 22 heavy (non-hydrogen) atoms. The number of aryl methyl sites for hydroxylation is 2. The van der Waals surface area contributed by atoms with Crippen molar-refractivity contribution >= 4 is 17.6 Å². The average Bonchev–Trinajstić information content (AvgIpc) is 2.77. The molecule has 0 atom stereocenters. The molecule has 6 nitrogen and oxygen atoms in total. The lowest BCUT2D eigenvalue weighted by Gasteiger charge is -2.08. The van der Waals surface area contributed by atoms with Crippen LogP contribution in [0.1, 0.15) is 16.1 Å². The van der Waals surface area contributed by atoms with Crippen LogP contribution in [0.4, 0.5) is 0 Å². The van der Waals surface area contributed by atoms with Crippen molar-refractivity contribution < 1.29 is 19.0 Å². The molecule has 0 aliphatic rings. The number of methoxy groups -OCH3 is 1. The maximum absolute atomic E-state index is 12.0. The Balaban J connectivity index is 1.82. The zero-order chi connectivity index (χ0) is 16.1. The normalized spacial score (nSPS) is 10.4. The van der Waals surface area contributed by atoms with E-state index in [0.29, 0.717) is 11.4 Å². The van der Waals surface area contributed by atoms with Gasteiger partial charge in [-0.1, -0.05) is 11.6 Å². The number of benzene rings is 1. The van der Waals surface area contributed by atoms with Gasteiger partial charge in [-0.2, -0.15) is 5.10 Å². The summed E-state index contributed by atoms with van der Waals surface area (Å²) in [7, 11) is 3.26. The van der Waals surface area contributed by atoms with Crippen molar-refractivity contribution in [3.05, 3.63) is 40.7 Å². The van der Waals surface area contributed by atoms with E-state index in [1.807, 2.05) is 0 Å². The van der Waals surface area contributed by atoms with Crippen LogP contribution in [-0.4, -0.2) is 36.1 Å². The number of ether oxygens (including phenoxy) is 3. The SMILES string of the molecule is COc1ccc(OCCOC(=O)c2c(C)nn(C)c2Cl)cc1. The van der Waals surface area contributed by atoms with Gasteiger partial charge in [-0.15, -0.1) is 0 Å². The van der Waals surface area contributed by atoms with Gasteiger partial charge in [0.1, 0.15) is 35.4 Å². The summed E-state index contributed by atoms with van der Waals surface area (Å²) in [5.41, 5.74) is 0.821. The first-order valence-electron chi connectivity index (χ1n) is 6.66. The molecule has 1 heterocycles. The van der Waals surface area contributed by atoms with Crippen LogP contribution < -0.4 is 9.47 Å². The number of rotatable bonds is 6. The second-order valence-electron chi connectivity index (χ2n) is 4.53. The quantitative estimate of drug-likeness (QED) is 0.604. The number of nitrogens with zero attached hydrogens (tertiary/aromatic N) is 2. The molecular formula is C15H17ClN2O4. The molecule has 7 heteroatoms. The smallest absolute Gasteiger partial charge is 0.343 e. The van der Waals surface area contributed by atoms with E-state index in [-0.39, 0.29) is 23.9 Å². The fourth-order valence-electron chi connectivity index (χ4n) is 1.90. The summed E-state index contributed by atoms with van der Waals surface area (Å²) in [6.45, 7) is 2.07. The Hall–Kier alpha value is -2.21. The first-order chi connectivity index (χ1) is 10.5. The summed E-state index contributed by atoms with van der Waals surface area (Å²) in [4.78, 5) is 12.0. The van der Waals surface area contributed by atoms with E-state index in [2.05, 4.69) is 5.10 Å². The Labute approximate surface area is 133 Å². The highest BCUT2D eigenvalue weighted by molar-refractivity contribution is 6.32. The summed E-state index contributed by atoms with van der Waals surface area (Å²) < 4.78 is 17.1. The van der Waals surface area contributed by atoms with Crippen molar-refractivity contribution in [3.8, 4) is 11.5 Å². The number of carbonyl (C=O) groups excluding carboxylic acids is 1.